The molecule has 3 amide bonds. The van der Waals surface area contributed by atoms with Crippen LogP contribution in [0, 0.1) is 11.1 Å². The number of nitrogens with one attached hydrogen (secondary N) is 3. The number of hydrogen-bond donors (Lipinski definition) is 3. The van der Waals surface area contributed by atoms with Gasteiger partial charge in [0.2, 0.25) is 5.91 Å². The van der Waals surface area contributed by atoms with Crippen LogP contribution < -0.4 is 16.0 Å². The summed E-state index contributed by atoms with van der Waals surface area (Å²) in [5.74, 6) is -0.973. The highest BCUT2D eigenvalue weighted by Crippen LogP contribution is 2.37. The molecule has 8 nitrogen and oxygen atoms in total. The fourth-order valence-electron chi connectivity index (χ4n) is 3.93. The van der Waals surface area contributed by atoms with E-state index in [1.54, 1.807) is 12.1 Å². The van der Waals surface area contributed by atoms with Crippen molar-refractivity contribution in [1.29, 1.82) is 0 Å². The van der Waals surface area contributed by atoms with Crippen LogP contribution in [-0.4, -0.2) is 48.0 Å². The Labute approximate surface area is 151 Å². The molecule has 3 aliphatic heterocycles. The summed E-state index contributed by atoms with van der Waals surface area (Å²) in [4.78, 5) is 36.3. The van der Waals surface area contributed by atoms with Gasteiger partial charge in [-0.2, -0.15) is 0 Å². The first-order chi connectivity index (χ1) is 12.5. The highest BCUT2D eigenvalue weighted by molar-refractivity contribution is 6.02. The summed E-state index contributed by atoms with van der Waals surface area (Å²) in [7, 11) is 0. The first-order valence-electron chi connectivity index (χ1n) is 9.03. The topological polar surface area (TPSA) is 110 Å². The minimum Gasteiger partial charge on any atom is -0.624 e. The molecule has 8 heteroatoms. The van der Waals surface area contributed by atoms with E-state index in [4.69, 9.17) is 0 Å². The Bertz CT molecular complexity index is 776. The zero-order chi connectivity index (χ0) is 18.3. The molecule has 2 atom stereocenters. The number of hydrogen-bond acceptors (Lipinski definition) is 6. The lowest BCUT2D eigenvalue weighted by Gasteiger charge is -2.42. The molecule has 3 heterocycles. The first-order valence-corrected chi connectivity index (χ1v) is 9.03. The van der Waals surface area contributed by atoms with Crippen LogP contribution in [0.3, 0.4) is 0 Å². The normalized spacial score (nSPS) is 28.5. The van der Waals surface area contributed by atoms with Gasteiger partial charge in [0.15, 0.2) is 6.04 Å². The van der Waals surface area contributed by atoms with Gasteiger partial charge in [-0.25, -0.2) is 4.79 Å². The molecular weight excluding hydrogens is 336 g/mol. The second-order valence-corrected chi connectivity index (χ2v) is 7.30. The summed E-state index contributed by atoms with van der Waals surface area (Å²) in [6.45, 7) is 2.76. The second-order valence-electron chi connectivity index (χ2n) is 7.30. The van der Waals surface area contributed by atoms with E-state index < -0.39 is 28.4 Å². The Kier molecular flexibility index (Phi) is 4.26. The molecule has 1 aromatic carbocycles. The Hall–Kier alpha value is -2.29. The van der Waals surface area contributed by atoms with Gasteiger partial charge in [0.1, 0.15) is 6.54 Å². The van der Waals surface area contributed by atoms with Crippen molar-refractivity contribution < 1.29 is 19.0 Å². The van der Waals surface area contributed by atoms with Crippen LogP contribution in [-0.2, 0) is 16.1 Å². The summed E-state index contributed by atoms with van der Waals surface area (Å²) in [5.41, 5.74) is 1.83. The number of amides is 3. The number of imide groups is 1. The van der Waals surface area contributed by atoms with Crippen molar-refractivity contribution in [3.63, 3.8) is 0 Å². The number of benzene rings is 1. The molecule has 26 heavy (non-hydrogen) atoms. The van der Waals surface area contributed by atoms with Gasteiger partial charge in [-0.15, -0.1) is 0 Å². The van der Waals surface area contributed by atoms with Gasteiger partial charge in [-0.3, -0.25) is 19.6 Å². The summed E-state index contributed by atoms with van der Waals surface area (Å²) in [6.07, 6.45) is 1.21. The monoisotopic (exact) mass is 358 g/mol. The molecule has 2 saturated heterocycles. The third-order valence-electron chi connectivity index (χ3n) is 5.59. The number of carbonyl (C=O) groups is 3. The van der Waals surface area contributed by atoms with Crippen LogP contribution >= 0.6 is 0 Å². The highest BCUT2D eigenvalue weighted by atomic mass is 16.6. The molecule has 0 aliphatic carbocycles. The van der Waals surface area contributed by atoms with Crippen LogP contribution in [0.4, 0.5) is 5.69 Å². The van der Waals surface area contributed by atoms with Crippen molar-refractivity contribution >= 4 is 23.4 Å². The molecule has 0 bridgehead atoms. The van der Waals surface area contributed by atoms with Crippen LogP contribution in [0.5, 0.6) is 0 Å². The van der Waals surface area contributed by atoms with E-state index in [0.717, 1.165) is 31.7 Å². The van der Waals surface area contributed by atoms with E-state index in [0.29, 0.717) is 17.0 Å². The van der Waals surface area contributed by atoms with Crippen molar-refractivity contribution in [3.8, 4) is 0 Å². The number of hydroxylamine groups is 3. The van der Waals surface area contributed by atoms with Crippen molar-refractivity contribution in [2.45, 2.75) is 31.8 Å². The molecule has 2 unspecified atom stereocenters. The number of rotatable bonds is 5. The lowest BCUT2D eigenvalue weighted by Crippen LogP contribution is -2.60. The molecule has 3 N–H and O–H groups in total. The molecular formula is C18H22N4O4. The van der Waals surface area contributed by atoms with Crippen molar-refractivity contribution in [2.24, 2.45) is 5.92 Å². The Morgan fingerprint density at radius 1 is 1.23 bits per heavy atom. The first kappa shape index (κ1) is 17.1. The molecule has 2 fully saturated rings. The summed E-state index contributed by atoms with van der Waals surface area (Å²) in [6, 6.07) is 4.19. The quantitative estimate of drug-likeness (QED) is 0.401. The summed E-state index contributed by atoms with van der Waals surface area (Å²) in [5, 5.41) is 22.1. The Morgan fingerprint density at radius 3 is 2.73 bits per heavy atom. The molecule has 0 spiro atoms. The van der Waals surface area contributed by atoms with Crippen LogP contribution in [0.15, 0.2) is 18.2 Å². The van der Waals surface area contributed by atoms with E-state index in [1.807, 2.05) is 6.07 Å². The lowest BCUT2D eigenvalue weighted by atomic mass is 9.99. The number of fused-ring (bicyclic) bond motifs is 1. The fourth-order valence-corrected chi connectivity index (χ4v) is 3.93. The molecule has 3 aliphatic rings. The largest absolute Gasteiger partial charge is 0.624 e. The maximum atomic E-state index is 13.3. The molecule has 138 valence electrons. The third kappa shape index (κ3) is 2.80. The minimum absolute atomic E-state index is 0.0748. The van der Waals surface area contributed by atoms with Crippen molar-refractivity contribution in [2.75, 3.05) is 25.0 Å². The average molecular weight is 358 g/mol. The maximum Gasteiger partial charge on any atom is 0.347 e. The number of piperidine rings is 1. The molecule has 0 radical (unpaired) electrons. The van der Waals surface area contributed by atoms with E-state index in [9.17, 15) is 19.6 Å². The van der Waals surface area contributed by atoms with Crippen LogP contribution in [0.1, 0.15) is 35.2 Å². The van der Waals surface area contributed by atoms with E-state index >= 15 is 0 Å². The summed E-state index contributed by atoms with van der Waals surface area (Å²) < 4.78 is -1.24. The smallest absolute Gasteiger partial charge is 0.347 e. The van der Waals surface area contributed by atoms with Crippen molar-refractivity contribution in [1.82, 2.24) is 10.6 Å². The maximum absolute atomic E-state index is 13.3. The number of anilines is 1. The van der Waals surface area contributed by atoms with Gasteiger partial charge in [0.05, 0.1) is 5.56 Å². The molecule has 0 saturated carbocycles. The summed E-state index contributed by atoms with van der Waals surface area (Å²) >= 11 is 0. The van der Waals surface area contributed by atoms with Gasteiger partial charge >= 0.3 is 5.91 Å². The molecule has 4 rings (SSSR count). The number of quaternary nitrogens is 1. The van der Waals surface area contributed by atoms with Gasteiger partial charge < -0.3 is 15.8 Å². The lowest BCUT2D eigenvalue weighted by molar-refractivity contribution is -0.825. The highest BCUT2D eigenvalue weighted by Gasteiger charge is 2.50. The van der Waals surface area contributed by atoms with E-state index in [2.05, 4.69) is 16.0 Å². The SMILES string of the molecule is O=C1CCC([N+]2([O-])Cc3c(NCCC4CNC4)cccc3C2=O)C(=O)N1. The predicted octanol–water partition coefficient (Wildman–Crippen LogP) is 0.482. The number of carbonyl (C=O) groups excluding carboxylic acids is 3. The zero-order valence-electron chi connectivity index (χ0n) is 14.4. The Balaban J connectivity index is 1.53. The molecule has 1 aromatic rings. The molecule has 0 aromatic heterocycles. The zero-order valence-corrected chi connectivity index (χ0v) is 14.4. The number of nitrogens with zero attached hydrogens (tertiary/aromatic N) is 1. The van der Waals surface area contributed by atoms with Gasteiger partial charge in [0, 0.05) is 30.6 Å². The van der Waals surface area contributed by atoms with Crippen LogP contribution in [0.25, 0.3) is 0 Å². The standard InChI is InChI=1S/C18H22N4O4/c23-16-5-4-15(17(24)21-16)22(26)10-13-12(18(22)25)2-1-3-14(13)20-7-6-11-8-19-9-11/h1-3,11,15,19-20H,4-10H2,(H,21,23,24). The minimum atomic E-state index is -1.24. The van der Waals surface area contributed by atoms with E-state index in [1.165, 1.54) is 0 Å². The average Bonchev–Trinajstić information content (AvgIpc) is 2.83. The Morgan fingerprint density at radius 2 is 2.04 bits per heavy atom. The van der Waals surface area contributed by atoms with E-state index in [-0.39, 0.29) is 19.4 Å². The third-order valence-corrected chi connectivity index (χ3v) is 5.59. The van der Waals surface area contributed by atoms with Gasteiger partial charge in [0.25, 0.3) is 5.91 Å². The van der Waals surface area contributed by atoms with Crippen LogP contribution in [0.2, 0.25) is 0 Å². The van der Waals surface area contributed by atoms with Gasteiger partial charge in [-0.1, -0.05) is 6.07 Å². The van der Waals surface area contributed by atoms with Gasteiger partial charge in [-0.05, 0) is 37.6 Å². The van der Waals surface area contributed by atoms with Crippen molar-refractivity contribution in [3.05, 3.63) is 34.5 Å². The second kappa shape index (κ2) is 6.46. The fraction of sp³-hybridized carbons (Fsp3) is 0.500. The predicted molar refractivity (Wildman–Crippen MR) is 93.7 cm³/mol.